The molecule has 1 aromatic heterocycles. The highest BCUT2D eigenvalue weighted by atomic mass is 79.9. The number of oxime groups is 1. The van der Waals surface area contributed by atoms with Crippen LogP contribution in [0.3, 0.4) is 0 Å². The van der Waals surface area contributed by atoms with Crippen LogP contribution in [0.25, 0.3) is 11.5 Å². The topological polar surface area (TPSA) is 60.5 Å². The summed E-state index contributed by atoms with van der Waals surface area (Å²) >= 11 is 3.44. The molecule has 0 fully saturated rings. The van der Waals surface area contributed by atoms with Crippen LogP contribution in [0, 0.1) is 0 Å². The van der Waals surface area contributed by atoms with E-state index in [2.05, 4.69) is 31.3 Å². The standard InChI is InChI=1S/C13H14BrN3O2/c1-3-9(2)17-18-8-12-15-16-13(19-12)10-6-4-5-7-11(10)14/h4-7H,3,8H2,1-2H3. The largest absolute Gasteiger partial charge is 0.417 e. The Balaban J connectivity index is 2.06. The van der Waals surface area contributed by atoms with E-state index in [1.54, 1.807) is 0 Å². The Morgan fingerprint density at radius 1 is 1.37 bits per heavy atom. The van der Waals surface area contributed by atoms with Crippen LogP contribution in [-0.2, 0) is 11.4 Å². The Bertz CT molecular complexity index is 581. The van der Waals surface area contributed by atoms with Gasteiger partial charge in [-0.1, -0.05) is 24.2 Å². The van der Waals surface area contributed by atoms with E-state index < -0.39 is 0 Å². The lowest BCUT2D eigenvalue weighted by molar-refractivity contribution is 0.110. The molecular formula is C13H14BrN3O2. The van der Waals surface area contributed by atoms with Crippen molar-refractivity contribution in [2.75, 3.05) is 0 Å². The Morgan fingerprint density at radius 2 is 2.16 bits per heavy atom. The van der Waals surface area contributed by atoms with Crippen molar-refractivity contribution in [1.82, 2.24) is 10.2 Å². The van der Waals surface area contributed by atoms with Crippen LogP contribution < -0.4 is 0 Å². The molecule has 0 atom stereocenters. The zero-order valence-electron chi connectivity index (χ0n) is 10.8. The van der Waals surface area contributed by atoms with Crippen molar-refractivity contribution >= 4 is 21.6 Å². The third-order valence-electron chi connectivity index (χ3n) is 2.49. The van der Waals surface area contributed by atoms with Gasteiger partial charge in [0.1, 0.15) is 0 Å². The van der Waals surface area contributed by atoms with Crippen LogP contribution >= 0.6 is 15.9 Å². The van der Waals surface area contributed by atoms with E-state index in [4.69, 9.17) is 9.25 Å². The minimum absolute atomic E-state index is 0.175. The number of halogens is 1. The second-order valence-corrected chi connectivity index (χ2v) is 4.79. The molecule has 0 bridgehead atoms. The van der Waals surface area contributed by atoms with Gasteiger partial charge in [-0.3, -0.25) is 0 Å². The summed E-state index contributed by atoms with van der Waals surface area (Å²) in [5.41, 5.74) is 1.78. The molecule has 1 aromatic carbocycles. The van der Waals surface area contributed by atoms with Gasteiger partial charge in [0.25, 0.3) is 5.89 Å². The molecule has 0 saturated heterocycles. The van der Waals surface area contributed by atoms with Crippen molar-refractivity contribution in [2.45, 2.75) is 26.9 Å². The molecule has 0 saturated carbocycles. The van der Waals surface area contributed by atoms with Gasteiger partial charge in [0.15, 0.2) is 6.61 Å². The summed E-state index contributed by atoms with van der Waals surface area (Å²) in [5.74, 6) is 0.862. The second-order valence-electron chi connectivity index (χ2n) is 3.93. The van der Waals surface area contributed by atoms with Gasteiger partial charge in [0.05, 0.1) is 11.3 Å². The molecule has 2 rings (SSSR count). The van der Waals surface area contributed by atoms with E-state index in [1.165, 1.54) is 0 Å². The zero-order valence-corrected chi connectivity index (χ0v) is 12.3. The van der Waals surface area contributed by atoms with Crippen molar-refractivity contribution in [3.8, 4) is 11.5 Å². The molecule has 0 spiro atoms. The highest BCUT2D eigenvalue weighted by Gasteiger charge is 2.11. The quantitative estimate of drug-likeness (QED) is 0.620. The lowest BCUT2D eigenvalue weighted by Crippen LogP contribution is -1.92. The molecule has 0 aliphatic rings. The number of rotatable bonds is 5. The maximum absolute atomic E-state index is 5.52. The van der Waals surface area contributed by atoms with Gasteiger partial charge in [-0.15, -0.1) is 10.2 Å². The van der Waals surface area contributed by atoms with Crippen molar-refractivity contribution in [3.63, 3.8) is 0 Å². The zero-order chi connectivity index (χ0) is 13.7. The second kappa shape index (κ2) is 6.47. The van der Waals surface area contributed by atoms with Gasteiger partial charge in [-0.05, 0) is 41.4 Å². The molecule has 0 unspecified atom stereocenters. The van der Waals surface area contributed by atoms with Gasteiger partial charge >= 0.3 is 0 Å². The minimum Gasteiger partial charge on any atom is -0.417 e. The van der Waals surface area contributed by atoms with Crippen LogP contribution in [-0.4, -0.2) is 15.9 Å². The Morgan fingerprint density at radius 3 is 2.89 bits per heavy atom. The highest BCUT2D eigenvalue weighted by Crippen LogP contribution is 2.26. The average Bonchev–Trinajstić information content (AvgIpc) is 2.87. The first kappa shape index (κ1) is 13.7. The Hall–Kier alpha value is -1.69. The van der Waals surface area contributed by atoms with Crippen LogP contribution in [0.1, 0.15) is 26.2 Å². The lowest BCUT2D eigenvalue weighted by atomic mass is 10.2. The van der Waals surface area contributed by atoms with E-state index in [0.29, 0.717) is 11.8 Å². The first-order chi connectivity index (χ1) is 9.20. The fraction of sp³-hybridized carbons (Fsp3) is 0.308. The number of aromatic nitrogens is 2. The van der Waals surface area contributed by atoms with Crippen LogP contribution in [0.5, 0.6) is 0 Å². The Labute approximate surface area is 119 Å². The molecule has 0 amide bonds. The molecule has 19 heavy (non-hydrogen) atoms. The highest BCUT2D eigenvalue weighted by molar-refractivity contribution is 9.10. The molecule has 2 aromatic rings. The van der Waals surface area contributed by atoms with Crippen LogP contribution in [0.15, 0.2) is 38.3 Å². The molecule has 0 radical (unpaired) electrons. The maximum atomic E-state index is 5.52. The summed E-state index contributed by atoms with van der Waals surface area (Å²) in [4.78, 5) is 5.13. The summed E-state index contributed by atoms with van der Waals surface area (Å²) in [6.45, 7) is 4.09. The van der Waals surface area contributed by atoms with E-state index >= 15 is 0 Å². The molecular weight excluding hydrogens is 310 g/mol. The molecule has 5 nitrogen and oxygen atoms in total. The van der Waals surface area contributed by atoms with Crippen LogP contribution in [0.4, 0.5) is 0 Å². The maximum Gasteiger partial charge on any atom is 0.257 e. The molecule has 0 N–H and O–H groups in total. The van der Waals surface area contributed by atoms with Crippen molar-refractivity contribution in [2.24, 2.45) is 5.16 Å². The fourth-order valence-corrected chi connectivity index (χ4v) is 1.77. The SMILES string of the molecule is CCC(C)=NOCc1nnc(-c2ccccc2Br)o1. The summed E-state index contributed by atoms with van der Waals surface area (Å²) in [7, 11) is 0. The smallest absolute Gasteiger partial charge is 0.257 e. The first-order valence-electron chi connectivity index (χ1n) is 5.93. The average molecular weight is 324 g/mol. The summed E-state index contributed by atoms with van der Waals surface area (Å²) in [6, 6.07) is 7.66. The third kappa shape index (κ3) is 3.64. The van der Waals surface area contributed by atoms with E-state index in [1.807, 2.05) is 38.1 Å². The molecule has 100 valence electrons. The molecule has 1 heterocycles. The molecule has 0 aliphatic carbocycles. The van der Waals surface area contributed by atoms with Crippen molar-refractivity contribution < 1.29 is 9.25 Å². The van der Waals surface area contributed by atoms with Gasteiger partial charge in [0.2, 0.25) is 5.89 Å². The summed E-state index contributed by atoms with van der Waals surface area (Å²) < 4.78 is 6.43. The van der Waals surface area contributed by atoms with E-state index in [9.17, 15) is 0 Å². The predicted molar refractivity (Wildman–Crippen MR) is 75.6 cm³/mol. The van der Waals surface area contributed by atoms with Crippen molar-refractivity contribution in [3.05, 3.63) is 34.6 Å². The first-order valence-corrected chi connectivity index (χ1v) is 6.72. The van der Waals surface area contributed by atoms with Crippen molar-refractivity contribution in [1.29, 1.82) is 0 Å². The van der Waals surface area contributed by atoms with Gasteiger partial charge in [-0.25, -0.2) is 0 Å². The van der Waals surface area contributed by atoms with E-state index in [-0.39, 0.29) is 6.61 Å². The Kier molecular flexibility index (Phi) is 4.68. The summed E-state index contributed by atoms with van der Waals surface area (Å²) in [5, 5.41) is 11.8. The normalized spacial score (nSPS) is 11.6. The van der Waals surface area contributed by atoms with E-state index in [0.717, 1.165) is 22.2 Å². The minimum atomic E-state index is 0.175. The molecule has 0 aliphatic heterocycles. The van der Waals surface area contributed by atoms with Gasteiger partial charge in [-0.2, -0.15) is 0 Å². The fourth-order valence-electron chi connectivity index (χ4n) is 1.32. The number of nitrogens with zero attached hydrogens (tertiary/aromatic N) is 3. The molecule has 6 heteroatoms. The number of hydrogen-bond acceptors (Lipinski definition) is 5. The third-order valence-corrected chi connectivity index (χ3v) is 3.18. The summed E-state index contributed by atoms with van der Waals surface area (Å²) in [6.07, 6.45) is 0.853. The number of benzene rings is 1. The predicted octanol–water partition coefficient (Wildman–Crippen LogP) is 3.80. The number of hydrogen-bond donors (Lipinski definition) is 0. The lowest BCUT2D eigenvalue weighted by Gasteiger charge is -1.98. The van der Waals surface area contributed by atoms with Gasteiger partial charge < -0.3 is 9.25 Å². The monoisotopic (exact) mass is 323 g/mol. The van der Waals surface area contributed by atoms with Crippen LogP contribution in [0.2, 0.25) is 0 Å². The van der Waals surface area contributed by atoms with Gasteiger partial charge in [0, 0.05) is 4.47 Å².